The Morgan fingerprint density at radius 3 is 2.44 bits per heavy atom. The predicted octanol–water partition coefficient (Wildman–Crippen LogP) is 5.68. The predicted molar refractivity (Wildman–Crippen MR) is 192 cm³/mol. The van der Waals surface area contributed by atoms with E-state index in [1.54, 1.807) is 36.4 Å². The number of piperazine rings is 1. The first-order chi connectivity index (χ1) is 25.3. The molecule has 1 fully saturated rings. The molecular weight excluding hydrogens is 672 g/mol. The van der Waals surface area contributed by atoms with E-state index in [0.29, 0.717) is 40.2 Å². The van der Waals surface area contributed by atoms with Gasteiger partial charge in [-0.2, -0.15) is 15.3 Å². The van der Waals surface area contributed by atoms with Crippen LogP contribution in [0.25, 0.3) is 27.5 Å². The third kappa shape index (κ3) is 7.38. The third-order valence-electron chi connectivity index (χ3n) is 8.85. The first-order valence-corrected chi connectivity index (χ1v) is 16.7. The summed E-state index contributed by atoms with van der Waals surface area (Å²) < 4.78 is 48.1. The number of ether oxygens (including phenoxy) is 3. The third-order valence-corrected chi connectivity index (χ3v) is 8.85. The zero-order chi connectivity index (χ0) is 36.2. The highest BCUT2D eigenvalue weighted by Crippen LogP contribution is 2.37. The lowest BCUT2D eigenvalue weighted by Gasteiger charge is -2.32. The van der Waals surface area contributed by atoms with E-state index in [0.717, 1.165) is 45.2 Å². The van der Waals surface area contributed by atoms with Crippen molar-refractivity contribution in [2.24, 2.45) is 0 Å². The number of fused-ring (bicyclic) bond motifs is 2. The van der Waals surface area contributed by atoms with Gasteiger partial charge >= 0.3 is 0 Å². The molecule has 0 bridgehead atoms. The fourth-order valence-electron chi connectivity index (χ4n) is 6.01. The van der Waals surface area contributed by atoms with E-state index in [1.165, 1.54) is 54.4 Å². The van der Waals surface area contributed by atoms with Crippen molar-refractivity contribution in [2.45, 2.75) is 6.42 Å². The van der Waals surface area contributed by atoms with Crippen molar-refractivity contribution in [2.75, 3.05) is 58.8 Å². The van der Waals surface area contributed by atoms with Gasteiger partial charge in [0, 0.05) is 50.5 Å². The largest absolute Gasteiger partial charge is 0.493 e. The Morgan fingerprint density at radius 2 is 1.67 bits per heavy atom. The fraction of sp³-hybridized carbons (Fsp3) is 0.237. The van der Waals surface area contributed by atoms with Gasteiger partial charge in [0.1, 0.15) is 11.3 Å². The maximum atomic E-state index is 15.5. The van der Waals surface area contributed by atoms with Gasteiger partial charge in [0.25, 0.3) is 5.91 Å². The van der Waals surface area contributed by atoms with E-state index >= 15 is 4.39 Å². The number of carbonyl (C=O) groups is 1. The van der Waals surface area contributed by atoms with E-state index in [4.69, 9.17) is 14.2 Å². The Labute approximate surface area is 297 Å². The van der Waals surface area contributed by atoms with Crippen molar-refractivity contribution in [3.63, 3.8) is 0 Å². The van der Waals surface area contributed by atoms with Crippen LogP contribution >= 0.6 is 0 Å². The summed E-state index contributed by atoms with van der Waals surface area (Å²) in [6, 6.07) is 19.4. The molecular formula is C38H35F2N7O5. The summed E-state index contributed by atoms with van der Waals surface area (Å²) in [6.07, 6.45) is 2.22. The molecule has 0 radical (unpaired) electrons. The summed E-state index contributed by atoms with van der Waals surface area (Å²) in [7, 11) is 3.66. The lowest BCUT2D eigenvalue weighted by molar-refractivity contribution is 0.102. The molecule has 0 aliphatic carbocycles. The summed E-state index contributed by atoms with van der Waals surface area (Å²) in [6.45, 7) is 5.62. The van der Waals surface area contributed by atoms with Crippen LogP contribution in [0.2, 0.25) is 0 Å². The molecule has 0 saturated carbocycles. The lowest BCUT2D eigenvalue weighted by atomic mass is 10.1. The van der Waals surface area contributed by atoms with E-state index < -0.39 is 28.7 Å². The van der Waals surface area contributed by atoms with Crippen molar-refractivity contribution < 1.29 is 27.8 Å². The molecule has 52 heavy (non-hydrogen) atoms. The van der Waals surface area contributed by atoms with Crippen LogP contribution in [0.4, 0.5) is 14.5 Å². The van der Waals surface area contributed by atoms with Crippen molar-refractivity contribution in [1.82, 2.24) is 29.8 Å². The molecule has 7 rings (SSSR count). The second kappa shape index (κ2) is 15.1. The normalized spacial score (nSPS) is 13.7. The van der Waals surface area contributed by atoms with Crippen molar-refractivity contribution in [1.29, 1.82) is 0 Å². The van der Waals surface area contributed by atoms with Crippen LogP contribution in [-0.2, 0) is 0 Å². The highest BCUT2D eigenvalue weighted by atomic mass is 19.1. The molecule has 0 atom stereocenters. The van der Waals surface area contributed by atoms with Crippen molar-refractivity contribution in [3.05, 3.63) is 113 Å². The summed E-state index contributed by atoms with van der Waals surface area (Å²) in [5.41, 5.74) is 0.357. The van der Waals surface area contributed by atoms with Crippen LogP contribution in [-0.4, -0.2) is 89.2 Å². The molecule has 1 aliphatic rings. The minimum Gasteiger partial charge on any atom is -0.493 e. The van der Waals surface area contributed by atoms with E-state index in [9.17, 15) is 14.0 Å². The SMILES string of the molecule is COc1cc2c(Oc3ccc(NC(=O)c4nn(-c5ccc(F)cc5)c5ccccc5c4=O)cc3F)cnnc2cc1OCCCN1CCN(C)CC1. The number of rotatable bonds is 11. The van der Waals surface area contributed by atoms with Crippen LogP contribution in [0.3, 0.4) is 0 Å². The molecule has 14 heteroatoms. The number of amides is 1. The quantitative estimate of drug-likeness (QED) is 0.168. The highest BCUT2D eigenvalue weighted by molar-refractivity contribution is 6.04. The molecule has 1 amide bonds. The van der Waals surface area contributed by atoms with Crippen LogP contribution < -0.4 is 25.0 Å². The van der Waals surface area contributed by atoms with Crippen LogP contribution in [0.1, 0.15) is 16.9 Å². The van der Waals surface area contributed by atoms with Gasteiger partial charge in [-0.15, -0.1) is 0 Å². The molecule has 1 saturated heterocycles. The van der Waals surface area contributed by atoms with Gasteiger partial charge in [-0.25, -0.2) is 13.5 Å². The summed E-state index contributed by atoms with van der Waals surface area (Å²) in [5.74, 6) is -1.03. The zero-order valence-corrected chi connectivity index (χ0v) is 28.5. The van der Waals surface area contributed by atoms with Crippen molar-refractivity contribution >= 4 is 33.4 Å². The number of carbonyl (C=O) groups excluding carboxylic acids is 1. The molecule has 4 aromatic carbocycles. The number of anilines is 1. The monoisotopic (exact) mass is 707 g/mol. The van der Waals surface area contributed by atoms with E-state index in [1.807, 2.05) is 0 Å². The number of methoxy groups -OCH3 is 1. The smallest absolute Gasteiger partial charge is 0.280 e. The Morgan fingerprint density at radius 1 is 0.885 bits per heavy atom. The first-order valence-electron chi connectivity index (χ1n) is 16.7. The standard InChI is InChI=1S/C38H35F2N7O5/c1-45-15-17-46(18-16-45)14-5-19-51-34-22-30-28(21-33(34)50-2)35(23-41-43-30)52-32-13-10-25(20-29(32)40)42-38(49)36-37(48)27-6-3-4-7-31(27)47(44-36)26-11-8-24(39)9-12-26/h3-4,6-13,20-23H,5,14-19H2,1-2H3,(H,42,49). The number of halogens is 2. The Balaban J connectivity index is 1.07. The van der Waals surface area contributed by atoms with E-state index in [-0.39, 0.29) is 22.6 Å². The van der Waals surface area contributed by atoms with Gasteiger partial charge in [0.05, 0.1) is 41.9 Å². The molecule has 0 unspecified atom stereocenters. The molecule has 3 heterocycles. The van der Waals surface area contributed by atoms with Gasteiger partial charge in [-0.3, -0.25) is 9.59 Å². The molecule has 1 N–H and O–H groups in total. The Kier molecular flexibility index (Phi) is 10.00. The van der Waals surface area contributed by atoms with Gasteiger partial charge in [-0.1, -0.05) is 12.1 Å². The van der Waals surface area contributed by atoms with Gasteiger partial charge in [0.15, 0.2) is 34.5 Å². The number of hydrogen-bond acceptors (Lipinski definition) is 10. The Hall–Kier alpha value is -5.99. The Bertz CT molecular complexity index is 2310. The maximum Gasteiger partial charge on any atom is 0.280 e. The molecule has 12 nitrogen and oxygen atoms in total. The second-order valence-electron chi connectivity index (χ2n) is 12.4. The fourth-order valence-corrected chi connectivity index (χ4v) is 6.01. The van der Waals surface area contributed by atoms with Crippen LogP contribution in [0, 0.1) is 11.6 Å². The number of benzene rings is 4. The average molecular weight is 708 g/mol. The number of nitrogens with one attached hydrogen (secondary N) is 1. The molecule has 266 valence electrons. The minimum absolute atomic E-state index is 0.0614. The molecule has 1 aliphatic heterocycles. The molecule has 6 aromatic rings. The van der Waals surface area contributed by atoms with Gasteiger partial charge < -0.3 is 29.3 Å². The van der Waals surface area contributed by atoms with Crippen molar-refractivity contribution in [3.8, 4) is 28.7 Å². The topological polar surface area (TPSA) is 124 Å². The van der Waals surface area contributed by atoms with E-state index in [2.05, 4.69) is 37.5 Å². The van der Waals surface area contributed by atoms with Crippen LogP contribution in [0.5, 0.6) is 23.0 Å². The highest BCUT2D eigenvalue weighted by Gasteiger charge is 2.20. The van der Waals surface area contributed by atoms with Crippen LogP contribution in [0.15, 0.2) is 89.9 Å². The summed E-state index contributed by atoms with van der Waals surface area (Å²) in [5, 5.41) is 15.8. The minimum atomic E-state index is -0.853. The average Bonchev–Trinajstić information content (AvgIpc) is 3.15. The summed E-state index contributed by atoms with van der Waals surface area (Å²) >= 11 is 0. The number of aromatic nitrogens is 4. The van der Waals surface area contributed by atoms with Gasteiger partial charge in [-0.05, 0) is 68.1 Å². The number of nitrogens with zero attached hydrogens (tertiary/aromatic N) is 6. The number of para-hydroxylation sites is 1. The second-order valence-corrected chi connectivity index (χ2v) is 12.4. The maximum absolute atomic E-state index is 15.5. The first kappa shape index (κ1) is 34.5. The molecule has 0 spiro atoms. The van der Waals surface area contributed by atoms with Gasteiger partial charge in [0.2, 0.25) is 5.43 Å². The number of hydrogen-bond donors (Lipinski definition) is 1. The number of likely N-dealkylation sites (N-methyl/N-ethyl adjacent to an activating group) is 1. The molecule has 2 aromatic heterocycles. The summed E-state index contributed by atoms with van der Waals surface area (Å²) in [4.78, 5) is 31.4. The zero-order valence-electron chi connectivity index (χ0n) is 28.5. The lowest BCUT2D eigenvalue weighted by Crippen LogP contribution is -2.44.